The van der Waals surface area contributed by atoms with Gasteiger partial charge in [0.1, 0.15) is 5.75 Å². The lowest BCUT2D eigenvalue weighted by atomic mass is 9.89. The first kappa shape index (κ1) is 14.4. The van der Waals surface area contributed by atoms with Crippen LogP contribution in [0.5, 0.6) is 5.75 Å². The molecule has 0 spiro atoms. The molecular weight excluding hydrogens is 250 g/mol. The summed E-state index contributed by atoms with van der Waals surface area (Å²) >= 11 is 0. The molecule has 0 unspecified atom stereocenters. The quantitative estimate of drug-likeness (QED) is 0.928. The normalized spacial score (nSPS) is 11.4. The van der Waals surface area contributed by atoms with Crippen LogP contribution in [-0.2, 0) is 19.0 Å². The van der Waals surface area contributed by atoms with Crippen molar-refractivity contribution < 1.29 is 4.74 Å². The number of aryl methyl sites for hydroxylation is 1. The summed E-state index contributed by atoms with van der Waals surface area (Å²) in [5.74, 6) is 0.855. The van der Waals surface area contributed by atoms with Crippen molar-refractivity contribution in [1.29, 1.82) is 0 Å². The van der Waals surface area contributed by atoms with Crippen LogP contribution in [0.2, 0.25) is 0 Å². The number of hydrogen-bond donors (Lipinski definition) is 1. The van der Waals surface area contributed by atoms with Gasteiger partial charge in [0.05, 0.1) is 18.5 Å². The number of para-hydroxylation sites is 2. The molecule has 0 bridgehead atoms. The molecule has 4 heteroatoms. The summed E-state index contributed by atoms with van der Waals surface area (Å²) in [7, 11) is 3.65. The van der Waals surface area contributed by atoms with Crippen molar-refractivity contribution in [2.24, 2.45) is 7.05 Å². The maximum atomic E-state index is 5.35. The van der Waals surface area contributed by atoms with E-state index in [-0.39, 0.29) is 5.41 Å². The molecule has 0 saturated heterocycles. The summed E-state index contributed by atoms with van der Waals surface area (Å²) in [5.41, 5.74) is 3.38. The van der Waals surface area contributed by atoms with Gasteiger partial charge < -0.3 is 10.1 Å². The number of ether oxygens (including phenoxy) is 1. The standard InChI is InChI=1S/C16H23N3O/c1-16(2,3)15-12(11-19(4)18-15)10-17-13-8-6-7-9-14(13)20-5/h6-9,11,17H,10H2,1-5H3. The van der Waals surface area contributed by atoms with Gasteiger partial charge in [-0.1, -0.05) is 32.9 Å². The Morgan fingerprint density at radius 2 is 1.95 bits per heavy atom. The van der Waals surface area contributed by atoms with Crippen LogP contribution in [0, 0.1) is 0 Å². The molecule has 108 valence electrons. The van der Waals surface area contributed by atoms with Gasteiger partial charge in [-0.2, -0.15) is 5.10 Å². The molecule has 2 rings (SSSR count). The molecule has 20 heavy (non-hydrogen) atoms. The lowest BCUT2D eigenvalue weighted by Crippen LogP contribution is -2.16. The first-order valence-corrected chi connectivity index (χ1v) is 6.81. The molecule has 1 N–H and O–H groups in total. The molecule has 1 heterocycles. The third kappa shape index (κ3) is 3.13. The van der Waals surface area contributed by atoms with E-state index in [1.54, 1.807) is 7.11 Å². The van der Waals surface area contributed by atoms with Crippen molar-refractivity contribution in [2.45, 2.75) is 32.7 Å². The minimum absolute atomic E-state index is 0.0407. The smallest absolute Gasteiger partial charge is 0.141 e. The number of methoxy groups -OCH3 is 1. The molecule has 0 fully saturated rings. The highest BCUT2D eigenvalue weighted by Crippen LogP contribution is 2.27. The fourth-order valence-electron chi connectivity index (χ4n) is 2.28. The van der Waals surface area contributed by atoms with Crippen LogP contribution in [0.3, 0.4) is 0 Å². The first-order chi connectivity index (χ1) is 9.41. The first-order valence-electron chi connectivity index (χ1n) is 6.81. The average molecular weight is 273 g/mol. The van der Waals surface area contributed by atoms with Gasteiger partial charge >= 0.3 is 0 Å². The molecule has 0 aliphatic heterocycles. The highest BCUT2D eigenvalue weighted by molar-refractivity contribution is 5.56. The van der Waals surface area contributed by atoms with Crippen LogP contribution in [0.4, 0.5) is 5.69 Å². The predicted octanol–water partition coefficient (Wildman–Crippen LogP) is 3.34. The Balaban J connectivity index is 2.19. The monoisotopic (exact) mass is 273 g/mol. The van der Waals surface area contributed by atoms with Gasteiger partial charge in [0.15, 0.2) is 0 Å². The summed E-state index contributed by atoms with van der Waals surface area (Å²) in [6.45, 7) is 7.28. The number of hydrogen-bond acceptors (Lipinski definition) is 3. The molecule has 4 nitrogen and oxygen atoms in total. The summed E-state index contributed by atoms with van der Waals surface area (Å²) in [5, 5.41) is 8.01. The van der Waals surface area contributed by atoms with Crippen LogP contribution >= 0.6 is 0 Å². The maximum Gasteiger partial charge on any atom is 0.141 e. The number of rotatable bonds is 4. The van der Waals surface area contributed by atoms with Crippen molar-refractivity contribution in [2.75, 3.05) is 12.4 Å². The van der Waals surface area contributed by atoms with E-state index >= 15 is 0 Å². The van der Waals surface area contributed by atoms with E-state index in [4.69, 9.17) is 4.74 Å². The highest BCUT2D eigenvalue weighted by atomic mass is 16.5. The van der Waals surface area contributed by atoms with Gasteiger partial charge in [-0.3, -0.25) is 4.68 Å². The van der Waals surface area contributed by atoms with Crippen LogP contribution in [0.1, 0.15) is 32.0 Å². The van der Waals surface area contributed by atoms with Crippen molar-refractivity contribution in [1.82, 2.24) is 9.78 Å². The summed E-state index contributed by atoms with van der Waals surface area (Å²) in [6, 6.07) is 7.94. The minimum Gasteiger partial charge on any atom is -0.495 e. The topological polar surface area (TPSA) is 39.1 Å². The second-order valence-corrected chi connectivity index (χ2v) is 5.98. The van der Waals surface area contributed by atoms with E-state index in [1.165, 1.54) is 5.56 Å². The fraction of sp³-hybridized carbons (Fsp3) is 0.438. The lowest BCUT2D eigenvalue weighted by molar-refractivity contribution is 0.416. The number of nitrogens with one attached hydrogen (secondary N) is 1. The number of aromatic nitrogens is 2. The zero-order valence-corrected chi connectivity index (χ0v) is 12.9. The summed E-state index contributed by atoms with van der Waals surface area (Å²) in [4.78, 5) is 0. The average Bonchev–Trinajstić information content (AvgIpc) is 2.78. The third-order valence-electron chi connectivity index (χ3n) is 3.19. The van der Waals surface area contributed by atoms with E-state index in [0.717, 1.165) is 23.7 Å². The van der Waals surface area contributed by atoms with Crippen LogP contribution in [-0.4, -0.2) is 16.9 Å². The Hall–Kier alpha value is -1.97. The van der Waals surface area contributed by atoms with Crippen molar-refractivity contribution in [3.63, 3.8) is 0 Å². The van der Waals surface area contributed by atoms with Crippen LogP contribution < -0.4 is 10.1 Å². The van der Waals surface area contributed by atoms with Gasteiger partial charge in [-0.05, 0) is 12.1 Å². The highest BCUT2D eigenvalue weighted by Gasteiger charge is 2.21. The SMILES string of the molecule is COc1ccccc1NCc1cn(C)nc1C(C)(C)C. The van der Waals surface area contributed by atoms with Crippen molar-refractivity contribution >= 4 is 5.69 Å². The largest absolute Gasteiger partial charge is 0.495 e. The zero-order chi connectivity index (χ0) is 14.8. The van der Waals surface area contributed by atoms with Crippen LogP contribution in [0.15, 0.2) is 30.5 Å². The molecule has 1 aromatic carbocycles. The van der Waals surface area contributed by atoms with E-state index in [9.17, 15) is 0 Å². The van der Waals surface area contributed by atoms with E-state index in [1.807, 2.05) is 36.0 Å². The molecule has 2 aromatic rings. The summed E-state index contributed by atoms with van der Waals surface area (Å²) < 4.78 is 7.23. The minimum atomic E-state index is 0.0407. The lowest BCUT2D eigenvalue weighted by Gasteiger charge is -2.18. The van der Waals surface area contributed by atoms with Crippen molar-refractivity contribution in [3.05, 3.63) is 41.7 Å². The Morgan fingerprint density at radius 3 is 2.60 bits per heavy atom. The Morgan fingerprint density at radius 1 is 1.25 bits per heavy atom. The van der Waals surface area contributed by atoms with Gasteiger partial charge in [-0.15, -0.1) is 0 Å². The molecule has 1 aromatic heterocycles. The molecule has 0 aliphatic carbocycles. The van der Waals surface area contributed by atoms with E-state index in [2.05, 4.69) is 37.4 Å². The molecule has 0 aliphatic rings. The molecule has 0 radical (unpaired) electrons. The molecule has 0 saturated carbocycles. The van der Waals surface area contributed by atoms with E-state index in [0.29, 0.717) is 0 Å². The fourth-order valence-corrected chi connectivity index (χ4v) is 2.28. The number of benzene rings is 1. The van der Waals surface area contributed by atoms with Crippen LogP contribution in [0.25, 0.3) is 0 Å². The molecule has 0 amide bonds. The Kier molecular flexibility index (Phi) is 4.02. The zero-order valence-electron chi connectivity index (χ0n) is 12.9. The Labute approximate surface area is 120 Å². The molecular formula is C16H23N3O. The van der Waals surface area contributed by atoms with Gasteiger partial charge in [0, 0.05) is 30.8 Å². The maximum absolute atomic E-state index is 5.35. The number of anilines is 1. The third-order valence-corrected chi connectivity index (χ3v) is 3.19. The Bertz CT molecular complexity index is 582. The second-order valence-electron chi connectivity index (χ2n) is 5.98. The van der Waals surface area contributed by atoms with Crippen molar-refractivity contribution in [3.8, 4) is 5.75 Å². The second kappa shape index (κ2) is 5.57. The summed E-state index contributed by atoms with van der Waals surface area (Å²) in [6.07, 6.45) is 2.07. The predicted molar refractivity (Wildman–Crippen MR) is 82.2 cm³/mol. The van der Waals surface area contributed by atoms with Gasteiger partial charge in [-0.25, -0.2) is 0 Å². The van der Waals surface area contributed by atoms with Gasteiger partial charge in [0.25, 0.3) is 0 Å². The van der Waals surface area contributed by atoms with E-state index < -0.39 is 0 Å². The molecule has 0 atom stereocenters. The van der Waals surface area contributed by atoms with Gasteiger partial charge in [0.2, 0.25) is 0 Å². The number of nitrogens with zero attached hydrogens (tertiary/aromatic N) is 2.